The lowest BCUT2D eigenvalue weighted by Gasteiger charge is -2.27. The van der Waals surface area contributed by atoms with Crippen molar-refractivity contribution in [2.24, 2.45) is 0 Å². The molecule has 0 aromatic heterocycles. The van der Waals surface area contributed by atoms with Crippen molar-refractivity contribution in [2.45, 2.75) is 32.4 Å². The van der Waals surface area contributed by atoms with Crippen LogP contribution in [0.5, 0.6) is 5.75 Å². The first-order valence-electron chi connectivity index (χ1n) is 7.59. The zero-order valence-corrected chi connectivity index (χ0v) is 14.9. The molecule has 0 aliphatic carbocycles. The van der Waals surface area contributed by atoms with Gasteiger partial charge in [-0.25, -0.2) is 8.42 Å². The Morgan fingerprint density at radius 2 is 2.13 bits per heavy atom. The maximum atomic E-state index is 12.7. The molecule has 0 radical (unpaired) electrons. The van der Waals surface area contributed by atoms with E-state index >= 15 is 0 Å². The first kappa shape index (κ1) is 17.7. The number of benzene rings is 1. The van der Waals surface area contributed by atoms with Crippen molar-refractivity contribution in [3.8, 4) is 5.75 Å². The number of ether oxygens (including phenoxy) is 1. The van der Waals surface area contributed by atoms with Crippen molar-refractivity contribution in [3.63, 3.8) is 0 Å². The molecule has 6 nitrogen and oxygen atoms in total. The van der Waals surface area contributed by atoms with Gasteiger partial charge in [0.25, 0.3) is 0 Å². The maximum absolute atomic E-state index is 12.7. The molecule has 1 amide bonds. The number of likely N-dealkylation sites (N-methyl/N-ethyl adjacent to an activating group) is 1. The van der Waals surface area contributed by atoms with E-state index in [9.17, 15) is 13.2 Å². The molecule has 1 aromatic rings. The summed E-state index contributed by atoms with van der Waals surface area (Å²) in [5.74, 6) is 0.554. The summed E-state index contributed by atoms with van der Waals surface area (Å²) >= 11 is 0. The van der Waals surface area contributed by atoms with Crippen molar-refractivity contribution in [3.05, 3.63) is 29.3 Å². The Balaban J connectivity index is 2.16. The SMILES string of the molecule is COc1ccc(C)cc1CN(C)C(=O)C1CCCN1S(C)(=O)=O. The van der Waals surface area contributed by atoms with E-state index in [0.717, 1.165) is 23.1 Å². The molecular weight excluding hydrogens is 316 g/mol. The van der Waals surface area contributed by atoms with Gasteiger partial charge in [0.05, 0.1) is 13.4 Å². The zero-order valence-electron chi connectivity index (χ0n) is 14.1. The number of carbonyl (C=O) groups is 1. The third kappa shape index (κ3) is 4.03. The molecule has 1 unspecified atom stereocenters. The highest BCUT2D eigenvalue weighted by Gasteiger charge is 2.37. The van der Waals surface area contributed by atoms with Crippen LogP contribution in [0.4, 0.5) is 0 Å². The molecule has 1 aliphatic rings. The molecule has 128 valence electrons. The lowest BCUT2D eigenvalue weighted by Crippen LogP contribution is -2.45. The Hall–Kier alpha value is -1.60. The van der Waals surface area contributed by atoms with Crippen LogP contribution in [0.1, 0.15) is 24.0 Å². The summed E-state index contributed by atoms with van der Waals surface area (Å²) in [4.78, 5) is 14.2. The standard InChI is InChI=1S/C16H24N2O4S/c1-12-7-8-15(22-3)13(10-12)11-17(2)16(19)14-6-5-9-18(14)23(4,20)21/h7-8,10,14H,5-6,9,11H2,1-4H3. The Kier molecular flexibility index (Phi) is 5.31. The van der Waals surface area contributed by atoms with Crippen molar-refractivity contribution >= 4 is 15.9 Å². The summed E-state index contributed by atoms with van der Waals surface area (Å²) in [6.45, 7) is 2.78. The number of rotatable bonds is 5. The summed E-state index contributed by atoms with van der Waals surface area (Å²) in [5.41, 5.74) is 1.99. The van der Waals surface area contributed by atoms with Crippen LogP contribution in [0.2, 0.25) is 0 Å². The topological polar surface area (TPSA) is 66.9 Å². The van der Waals surface area contributed by atoms with Crippen molar-refractivity contribution < 1.29 is 17.9 Å². The fourth-order valence-corrected chi connectivity index (χ4v) is 4.12. The average Bonchev–Trinajstić information content (AvgIpc) is 2.96. The van der Waals surface area contributed by atoms with E-state index in [2.05, 4.69) is 0 Å². The molecular formula is C16H24N2O4S. The minimum atomic E-state index is -3.36. The first-order valence-corrected chi connectivity index (χ1v) is 9.44. The van der Waals surface area contributed by atoms with Gasteiger partial charge in [0.15, 0.2) is 0 Å². The minimum Gasteiger partial charge on any atom is -0.496 e. The lowest BCUT2D eigenvalue weighted by atomic mass is 10.1. The van der Waals surface area contributed by atoms with Crippen LogP contribution in [0, 0.1) is 6.92 Å². The summed E-state index contributed by atoms with van der Waals surface area (Å²) in [5, 5.41) is 0. The second-order valence-corrected chi connectivity index (χ2v) is 7.98. The van der Waals surface area contributed by atoms with Crippen LogP contribution in [-0.4, -0.2) is 56.5 Å². The quantitative estimate of drug-likeness (QED) is 0.812. The van der Waals surface area contributed by atoms with E-state index in [4.69, 9.17) is 4.74 Å². The lowest BCUT2D eigenvalue weighted by molar-refractivity contribution is -0.133. The van der Waals surface area contributed by atoms with E-state index in [0.29, 0.717) is 25.9 Å². The second-order valence-electron chi connectivity index (χ2n) is 6.04. The Labute approximate surface area is 138 Å². The largest absolute Gasteiger partial charge is 0.496 e. The molecule has 1 atom stereocenters. The molecule has 23 heavy (non-hydrogen) atoms. The molecule has 0 N–H and O–H groups in total. The fourth-order valence-electron chi connectivity index (χ4n) is 3.00. The van der Waals surface area contributed by atoms with Gasteiger partial charge in [-0.3, -0.25) is 4.79 Å². The molecule has 0 saturated carbocycles. The number of sulfonamides is 1. The maximum Gasteiger partial charge on any atom is 0.241 e. The second kappa shape index (κ2) is 6.88. The predicted molar refractivity (Wildman–Crippen MR) is 88.8 cm³/mol. The molecule has 7 heteroatoms. The Morgan fingerprint density at radius 3 is 2.74 bits per heavy atom. The smallest absolute Gasteiger partial charge is 0.241 e. The van der Waals surface area contributed by atoms with Crippen LogP contribution < -0.4 is 4.74 Å². The first-order chi connectivity index (χ1) is 10.7. The van der Waals surface area contributed by atoms with Gasteiger partial charge in [-0.2, -0.15) is 4.31 Å². The minimum absolute atomic E-state index is 0.170. The van der Waals surface area contributed by atoms with Gasteiger partial charge in [0, 0.05) is 25.7 Å². The number of amides is 1. The molecule has 1 fully saturated rings. The van der Waals surface area contributed by atoms with Gasteiger partial charge in [0.2, 0.25) is 15.9 Å². The van der Waals surface area contributed by atoms with E-state index in [1.165, 1.54) is 4.31 Å². The number of methoxy groups -OCH3 is 1. The van der Waals surface area contributed by atoms with Crippen molar-refractivity contribution in [1.82, 2.24) is 9.21 Å². The van der Waals surface area contributed by atoms with Crippen LogP contribution in [-0.2, 0) is 21.4 Å². The summed E-state index contributed by atoms with van der Waals surface area (Å²) in [6, 6.07) is 5.21. The van der Waals surface area contributed by atoms with E-state index in [-0.39, 0.29) is 5.91 Å². The molecule has 2 rings (SSSR count). The Bertz CT molecular complexity index is 687. The number of carbonyl (C=O) groups excluding carboxylic acids is 1. The highest BCUT2D eigenvalue weighted by atomic mass is 32.2. The average molecular weight is 340 g/mol. The van der Waals surface area contributed by atoms with Crippen molar-refractivity contribution in [1.29, 1.82) is 0 Å². The van der Waals surface area contributed by atoms with Crippen molar-refractivity contribution in [2.75, 3.05) is 27.0 Å². The summed E-state index contributed by atoms with van der Waals surface area (Å²) < 4.78 is 30.3. The van der Waals surface area contributed by atoms with Gasteiger partial charge < -0.3 is 9.64 Å². The van der Waals surface area contributed by atoms with E-state index in [1.807, 2.05) is 25.1 Å². The van der Waals surface area contributed by atoms with Crippen LogP contribution in [0.3, 0.4) is 0 Å². The predicted octanol–water partition coefficient (Wildman–Crippen LogP) is 1.39. The van der Waals surface area contributed by atoms with Gasteiger partial charge in [0.1, 0.15) is 11.8 Å². The summed E-state index contributed by atoms with van der Waals surface area (Å²) in [7, 11) is -0.0686. The van der Waals surface area contributed by atoms with Gasteiger partial charge in [-0.15, -0.1) is 0 Å². The molecule has 1 aromatic carbocycles. The van der Waals surface area contributed by atoms with Crippen LogP contribution in [0.15, 0.2) is 18.2 Å². The molecule has 1 aliphatic heterocycles. The molecule has 1 heterocycles. The van der Waals surface area contributed by atoms with Crippen LogP contribution >= 0.6 is 0 Å². The Morgan fingerprint density at radius 1 is 1.43 bits per heavy atom. The third-order valence-corrected chi connectivity index (χ3v) is 5.42. The number of aryl methyl sites for hydroxylation is 1. The van der Waals surface area contributed by atoms with E-state index in [1.54, 1.807) is 19.1 Å². The number of hydrogen-bond donors (Lipinski definition) is 0. The number of nitrogens with zero attached hydrogens (tertiary/aromatic N) is 2. The van der Waals surface area contributed by atoms with Gasteiger partial charge >= 0.3 is 0 Å². The summed E-state index contributed by atoms with van der Waals surface area (Å²) in [6.07, 6.45) is 2.44. The zero-order chi connectivity index (χ0) is 17.2. The monoisotopic (exact) mass is 340 g/mol. The van der Waals surface area contributed by atoms with Gasteiger partial charge in [-0.05, 0) is 25.8 Å². The number of hydrogen-bond acceptors (Lipinski definition) is 4. The third-order valence-electron chi connectivity index (χ3n) is 4.13. The normalized spacial score (nSPS) is 18.9. The van der Waals surface area contributed by atoms with Gasteiger partial charge in [-0.1, -0.05) is 17.7 Å². The molecule has 0 spiro atoms. The fraction of sp³-hybridized carbons (Fsp3) is 0.562. The highest BCUT2D eigenvalue weighted by Crippen LogP contribution is 2.25. The highest BCUT2D eigenvalue weighted by molar-refractivity contribution is 7.88. The van der Waals surface area contributed by atoms with E-state index < -0.39 is 16.1 Å². The molecule has 1 saturated heterocycles. The molecule has 0 bridgehead atoms. The van der Waals surface area contributed by atoms with Crippen LogP contribution in [0.25, 0.3) is 0 Å².